The molecular weight excluding hydrogens is 354 g/mol. The summed E-state index contributed by atoms with van der Waals surface area (Å²) >= 11 is 0. The Morgan fingerprint density at radius 1 is 0.714 bits per heavy atom. The molecule has 1 amide bonds. The van der Waals surface area contributed by atoms with E-state index in [0.717, 1.165) is 5.56 Å². The molecule has 5 nitrogen and oxygen atoms in total. The van der Waals surface area contributed by atoms with Crippen molar-refractivity contribution in [3.8, 4) is 0 Å². The zero-order chi connectivity index (χ0) is 19.1. The predicted molar refractivity (Wildman–Crippen MR) is 102 cm³/mol. The van der Waals surface area contributed by atoms with E-state index in [1.807, 2.05) is 91.0 Å². The van der Waals surface area contributed by atoms with Gasteiger partial charge in [0.05, 0.1) is 0 Å². The number of hydrogen-bond acceptors (Lipinski definition) is 4. The Morgan fingerprint density at radius 2 is 1.25 bits per heavy atom. The van der Waals surface area contributed by atoms with E-state index in [2.05, 4.69) is 0 Å². The number of amides is 1. The molecule has 1 spiro atoms. The number of benzene rings is 3. The summed E-state index contributed by atoms with van der Waals surface area (Å²) in [5.41, 5.74) is 0.561. The molecule has 0 aromatic heterocycles. The van der Waals surface area contributed by atoms with Gasteiger partial charge in [-0.05, 0) is 17.7 Å². The maximum Gasteiger partial charge on any atom is 0.353 e. The SMILES string of the molecule is O=C1O[C@H](c2ccccc2)O[C@]12C(=O)N(c1ccccc1)[C@@H]2c1ccccc1. The van der Waals surface area contributed by atoms with Crippen molar-refractivity contribution in [2.24, 2.45) is 0 Å². The first kappa shape index (κ1) is 16.7. The lowest BCUT2D eigenvalue weighted by Gasteiger charge is -2.50. The third-order valence-corrected chi connectivity index (χ3v) is 5.21. The number of hydrogen-bond donors (Lipinski definition) is 0. The zero-order valence-electron chi connectivity index (χ0n) is 14.9. The molecule has 0 saturated carbocycles. The third kappa shape index (κ3) is 2.30. The van der Waals surface area contributed by atoms with Gasteiger partial charge in [0.2, 0.25) is 6.29 Å². The summed E-state index contributed by atoms with van der Waals surface area (Å²) in [7, 11) is 0. The van der Waals surface area contributed by atoms with Crippen LogP contribution in [0, 0.1) is 0 Å². The molecule has 0 unspecified atom stereocenters. The van der Waals surface area contributed by atoms with Crippen molar-refractivity contribution >= 4 is 17.6 Å². The van der Waals surface area contributed by atoms with Gasteiger partial charge in [0.15, 0.2) is 0 Å². The van der Waals surface area contributed by atoms with Crippen molar-refractivity contribution < 1.29 is 19.1 Å². The van der Waals surface area contributed by atoms with Gasteiger partial charge in [-0.2, -0.15) is 0 Å². The van der Waals surface area contributed by atoms with E-state index in [0.29, 0.717) is 11.3 Å². The van der Waals surface area contributed by atoms with E-state index in [-0.39, 0.29) is 0 Å². The molecule has 0 aliphatic carbocycles. The summed E-state index contributed by atoms with van der Waals surface area (Å²) in [6.45, 7) is 0. The normalized spacial score (nSPS) is 26.2. The van der Waals surface area contributed by atoms with Gasteiger partial charge in [0.25, 0.3) is 11.5 Å². The van der Waals surface area contributed by atoms with Crippen LogP contribution in [0.25, 0.3) is 0 Å². The lowest BCUT2D eigenvalue weighted by atomic mass is 9.77. The summed E-state index contributed by atoms with van der Waals surface area (Å²) in [4.78, 5) is 27.8. The molecule has 0 bridgehead atoms. The van der Waals surface area contributed by atoms with Gasteiger partial charge in [-0.15, -0.1) is 0 Å². The fraction of sp³-hybridized carbons (Fsp3) is 0.130. The van der Waals surface area contributed by atoms with Gasteiger partial charge in [-0.1, -0.05) is 78.9 Å². The molecule has 2 heterocycles. The number of anilines is 1. The minimum Gasteiger partial charge on any atom is -0.429 e. The van der Waals surface area contributed by atoms with Crippen LogP contribution in [0.15, 0.2) is 91.0 Å². The molecule has 3 aromatic rings. The van der Waals surface area contributed by atoms with E-state index in [4.69, 9.17) is 9.47 Å². The van der Waals surface area contributed by atoms with Crippen LogP contribution in [-0.4, -0.2) is 17.5 Å². The Balaban J connectivity index is 1.58. The lowest BCUT2D eigenvalue weighted by Crippen LogP contribution is -2.71. The molecule has 2 aliphatic heterocycles. The molecule has 5 rings (SSSR count). The highest BCUT2D eigenvalue weighted by Crippen LogP contribution is 2.54. The highest BCUT2D eigenvalue weighted by atomic mass is 16.8. The number of cyclic esters (lactones) is 1. The summed E-state index contributed by atoms with van der Waals surface area (Å²) in [5.74, 6) is -1.05. The second-order valence-electron chi connectivity index (χ2n) is 6.83. The molecule has 3 atom stereocenters. The summed E-state index contributed by atoms with van der Waals surface area (Å²) < 4.78 is 11.6. The van der Waals surface area contributed by atoms with Crippen LogP contribution in [0.5, 0.6) is 0 Å². The summed E-state index contributed by atoms with van der Waals surface area (Å²) in [6, 6.07) is 27.3. The monoisotopic (exact) mass is 371 g/mol. The minimum absolute atomic E-state index is 0.406. The average Bonchev–Trinajstić information content (AvgIpc) is 3.13. The highest BCUT2D eigenvalue weighted by molar-refractivity contribution is 6.21. The fourth-order valence-electron chi connectivity index (χ4n) is 3.89. The van der Waals surface area contributed by atoms with E-state index in [1.54, 1.807) is 4.90 Å². The Morgan fingerprint density at radius 3 is 1.86 bits per heavy atom. The van der Waals surface area contributed by atoms with Crippen molar-refractivity contribution in [3.05, 3.63) is 102 Å². The van der Waals surface area contributed by atoms with Crippen LogP contribution in [0.4, 0.5) is 5.69 Å². The van der Waals surface area contributed by atoms with Gasteiger partial charge in [-0.25, -0.2) is 4.79 Å². The molecule has 28 heavy (non-hydrogen) atoms. The van der Waals surface area contributed by atoms with Gasteiger partial charge in [0.1, 0.15) is 6.04 Å². The van der Waals surface area contributed by atoms with Crippen molar-refractivity contribution in [1.82, 2.24) is 0 Å². The van der Waals surface area contributed by atoms with Gasteiger partial charge in [0, 0.05) is 11.3 Å². The van der Waals surface area contributed by atoms with Crippen LogP contribution < -0.4 is 4.90 Å². The second kappa shape index (κ2) is 6.32. The molecule has 3 aromatic carbocycles. The van der Waals surface area contributed by atoms with Crippen molar-refractivity contribution in [2.75, 3.05) is 4.90 Å². The topological polar surface area (TPSA) is 55.8 Å². The Hall–Kier alpha value is -3.44. The predicted octanol–water partition coefficient (Wildman–Crippen LogP) is 3.79. The first-order valence-electron chi connectivity index (χ1n) is 9.09. The van der Waals surface area contributed by atoms with Crippen LogP contribution in [-0.2, 0) is 19.1 Å². The number of ether oxygens (including phenoxy) is 2. The Bertz CT molecular complexity index is 1020. The van der Waals surface area contributed by atoms with Crippen molar-refractivity contribution in [2.45, 2.75) is 17.9 Å². The number of rotatable bonds is 3. The highest BCUT2D eigenvalue weighted by Gasteiger charge is 2.73. The van der Waals surface area contributed by atoms with E-state index in [1.165, 1.54) is 0 Å². The number of β-lactam (4-membered cyclic amide) rings is 1. The Labute approximate surface area is 162 Å². The second-order valence-corrected chi connectivity index (χ2v) is 6.83. The molecule has 2 saturated heterocycles. The standard InChI is InChI=1S/C23H17NO4/c25-21-23(22(26)27-20(28-23)17-12-6-2-7-13-17)19(16-10-4-1-5-11-16)24(21)18-14-8-3-9-15-18/h1-15,19-20H/t19-,20+,23-/m1/s1. The number of carbonyl (C=O) groups is 2. The summed E-state index contributed by atoms with van der Waals surface area (Å²) in [5, 5.41) is 0. The molecule has 0 radical (unpaired) electrons. The zero-order valence-corrected chi connectivity index (χ0v) is 14.9. The lowest BCUT2D eigenvalue weighted by molar-refractivity contribution is -0.168. The quantitative estimate of drug-likeness (QED) is 0.399. The minimum atomic E-state index is -1.67. The largest absolute Gasteiger partial charge is 0.429 e. The fourth-order valence-corrected chi connectivity index (χ4v) is 3.89. The smallest absolute Gasteiger partial charge is 0.353 e. The van der Waals surface area contributed by atoms with Crippen LogP contribution in [0.2, 0.25) is 0 Å². The molecule has 5 heteroatoms. The number of esters is 1. The van der Waals surface area contributed by atoms with Crippen LogP contribution in [0.1, 0.15) is 23.5 Å². The first-order chi connectivity index (χ1) is 13.7. The van der Waals surface area contributed by atoms with Crippen LogP contribution in [0.3, 0.4) is 0 Å². The van der Waals surface area contributed by atoms with Gasteiger partial charge >= 0.3 is 5.97 Å². The molecular formula is C23H17NO4. The van der Waals surface area contributed by atoms with Gasteiger partial charge < -0.3 is 9.47 Å². The average molecular weight is 371 g/mol. The maximum absolute atomic E-state index is 13.3. The van der Waals surface area contributed by atoms with E-state index in [9.17, 15) is 9.59 Å². The molecule has 2 aliphatic rings. The molecule has 2 fully saturated rings. The molecule has 138 valence electrons. The van der Waals surface area contributed by atoms with Crippen LogP contribution >= 0.6 is 0 Å². The van der Waals surface area contributed by atoms with Crippen molar-refractivity contribution in [3.63, 3.8) is 0 Å². The first-order valence-corrected chi connectivity index (χ1v) is 9.09. The maximum atomic E-state index is 13.3. The number of para-hydroxylation sites is 1. The van der Waals surface area contributed by atoms with Crippen molar-refractivity contribution in [1.29, 1.82) is 0 Å². The number of nitrogens with zero attached hydrogens (tertiary/aromatic N) is 1. The third-order valence-electron chi connectivity index (χ3n) is 5.21. The number of carbonyl (C=O) groups excluding carboxylic acids is 2. The van der Waals surface area contributed by atoms with E-state index < -0.39 is 29.8 Å². The Kier molecular flexibility index (Phi) is 3.77. The van der Waals surface area contributed by atoms with E-state index >= 15 is 0 Å². The summed E-state index contributed by atoms with van der Waals surface area (Å²) in [6.07, 6.45) is -0.901. The van der Waals surface area contributed by atoms with Gasteiger partial charge in [-0.3, -0.25) is 9.69 Å². The molecule has 0 N–H and O–H groups in total.